The Labute approximate surface area is 237 Å². The Balaban J connectivity index is 3.18. The van der Waals surface area contributed by atoms with Crippen molar-refractivity contribution in [3.8, 4) is 11.5 Å². The van der Waals surface area contributed by atoms with Crippen LogP contribution in [0.2, 0.25) is 0 Å². The van der Waals surface area contributed by atoms with Crippen molar-refractivity contribution in [2.24, 2.45) is 29.4 Å². The monoisotopic (exact) mass is 565 g/mol. The van der Waals surface area contributed by atoms with E-state index in [1.807, 2.05) is 34.6 Å². The molecule has 0 spiro atoms. The molecule has 226 valence electrons. The van der Waals surface area contributed by atoms with Crippen LogP contribution in [-0.2, 0) is 30.3 Å². The van der Waals surface area contributed by atoms with Crippen molar-refractivity contribution >= 4 is 24.1 Å². The lowest BCUT2D eigenvalue weighted by Crippen LogP contribution is -2.52. The van der Waals surface area contributed by atoms with Crippen molar-refractivity contribution in [2.45, 2.75) is 99.1 Å². The van der Waals surface area contributed by atoms with Crippen LogP contribution < -0.4 is 15.2 Å². The third-order valence-electron chi connectivity index (χ3n) is 7.04. The number of carboxylic acids is 1. The first kappa shape index (κ1) is 34.9. The topological polar surface area (TPSA) is 151 Å². The number of esters is 2. The van der Waals surface area contributed by atoms with E-state index in [9.17, 15) is 24.3 Å². The normalized spacial score (nSPS) is 15.1. The molecule has 0 aliphatic rings. The van der Waals surface area contributed by atoms with Crippen LogP contribution in [0.4, 0.5) is 4.79 Å². The van der Waals surface area contributed by atoms with E-state index in [0.29, 0.717) is 12.0 Å². The van der Waals surface area contributed by atoms with E-state index >= 15 is 0 Å². The molecule has 1 rings (SSSR count). The molecule has 0 aliphatic heterocycles. The summed E-state index contributed by atoms with van der Waals surface area (Å²) in [6.07, 6.45) is 0.489. The highest BCUT2D eigenvalue weighted by Crippen LogP contribution is 2.33. The van der Waals surface area contributed by atoms with Gasteiger partial charge in [-0.1, -0.05) is 67.4 Å². The molecule has 0 amide bonds. The number of hydrogen-bond donors (Lipinski definition) is 2. The van der Waals surface area contributed by atoms with Gasteiger partial charge in [0.25, 0.3) is 0 Å². The molecule has 0 saturated heterocycles. The molecule has 3 unspecified atom stereocenters. The Morgan fingerprint density at radius 3 is 1.93 bits per heavy atom. The molecule has 0 radical (unpaired) electrons. The lowest BCUT2D eigenvalue weighted by atomic mass is 9.86. The summed E-state index contributed by atoms with van der Waals surface area (Å²) in [4.78, 5) is 49.6. The standard InChI is InChI=1S/C30H47NO9/c1-9-10-11-14-37-29(36)38-20(6)16-30(31,28(34)35)17-23-12-13-24(39-26(32)21(7)18(2)3)25(15-23)40-27(33)22(8)19(4)5/h12-13,15,18-22H,9-11,14,16-17,31H2,1-8H3,(H,34,35)/t20-,21?,22?,30?/m0/s1. The molecule has 0 fully saturated rings. The Kier molecular flexibility index (Phi) is 14.1. The van der Waals surface area contributed by atoms with E-state index in [0.717, 1.165) is 12.8 Å². The van der Waals surface area contributed by atoms with Gasteiger partial charge in [0.15, 0.2) is 11.5 Å². The SMILES string of the molecule is CCCCCOC(=O)O[C@@H](C)CC(N)(Cc1ccc(OC(=O)C(C)C(C)C)c(OC(=O)C(C)C(C)C)c1)C(=O)O. The maximum Gasteiger partial charge on any atom is 0.508 e. The van der Waals surface area contributed by atoms with Gasteiger partial charge in [-0.2, -0.15) is 0 Å². The van der Waals surface area contributed by atoms with Crippen LogP contribution in [0.15, 0.2) is 18.2 Å². The summed E-state index contributed by atoms with van der Waals surface area (Å²) in [7, 11) is 0. The average molecular weight is 566 g/mol. The first-order valence-electron chi connectivity index (χ1n) is 14.0. The van der Waals surface area contributed by atoms with Gasteiger partial charge in [0.1, 0.15) is 11.6 Å². The van der Waals surface area contributed by atoms with Crippen LogP contribution in [0.5, 0.6) is 11.5 Å². The number of hydrogen-bond acceptors (Lipinski definition) is 9. The first-order valence-corrected chi connectivity index (χ1v) is 14.0. The molecule has 10 heteroatoms. The number of nitrogens with two attached hydrogens (primary N) is 1. The second-order valence-electron chi connectivity index (χ2n) is 11.3. The molecule has 3 N–H and O–H groups in total. The van der Waals surface area contributed by atoms with E-state index in [2.05, 4.69) is 0 Å². The Bertz CT molecular complexity index is 1010. The van der Waals surface area contributed by atoms with Gasteiger partial charge in [-0.3, -0.25) is 14.4 Å². The molecule has 0 aromatic heterocycles. The van der Waals surface area contributed by atoms with E-state index in [4.69, 9.17) is 24.7 Å². The zero-order valence-corrected chi connectivity index (χ0v) is 25.2. The molecule has 40 heavy (non-hydrogen) atoms. The van der Waals surface area contributed by atoms with Crippen molar-refractivity contribution in [2.75, 3.05) is 6.61 Å². The van der Waals surface area contributed by atoms with Gasteiger partial charge >= 0.3 is 24.1 Å². The number of unbranched alkanes of at least 4 members (excludes halogenated alkanes) is 2. The molecular weight excluding hydrogens is 518 g/mol. The summed E-state index contributed by atoms with van der Waals surface area (Å²) < 4.78 is 21.4. The van der Waals surface area contributed by atoms with Crippen molar-refractivity contribution in [1.29, 1.82) is 0 Å². The second kappa shape index (κ2) is 16.2. The van der Waals surface area contributed by atoms with Gasteiger partial charge in [0.2, 0.25) is 0 Å². The van der Waals surface area contributed by atoms with Crippen molar-refractivity contribution < 1.29 is 43.2 Å². The minimum absolute atomic E-state index is 0.00571. The fourth-order valence-electron chi connectivity index (χ4n) is 3.63. The molecule has 0 saturated carbocycles. The number of carbonyl (C=O) groups is 4. The van der Waals surface area contributed by atoms with E-state index in [1.165, 1.54) is 19.1 Å². The van der Waals surface area contributed by atoms with Crippen molar-refractivity contribution in [3.05, 3.63) is 23.8 Å². The van der Waals surface area contributed by atoms with Crippen LogP contribution >= 0.6 is 0 Å². The Morgan fingerprint density at radius 2 is 1.43 bits per heavy atom. The highest BCUT2D eigenvalue weighted by atomic mass is 16.7. The van der Waals surface area contributed by atoms with Crippen molar-refractivity contribution in [1.82, 2.24) is 0 Å². The summed E-state index contributed by atoms with van der Waals surface area (Å²) in [5.41, 5.74) is 4.90. The number of benzene rings is 1. The van der Waals surface area contributed by atoms with Crippen LogP contribution in [0, 0.1) is 23.7 Å². The van der Waals surface area contributed by atoms with Crippen LogP contribution in [-0.4, -0.2) is 47.4 Å². The molecule has 0 bridgehead atoms. The third kappa shape index (κ3) is 11.2. The number of carbonyl (C=O) groups excluding carboxylic acids is 3. The second-order valence-corrected chi connectivity index (χ2v) is 11.3. The van der Waals surface area contributed by atoms with E-state index < -0.39 is 47.5 Å². The highest BCUT2D eigenvalue weighted by molar-refractivity contribution is 5.80. The quantitative estimate of drug-likeness (QED) is 0.149. The molecule has 10 nitrogen and oxygen atoms in total. The highest BCUT2D eigenvalue weighted by Gasteiger charge is 2.37. The van der Waals surface area contributed by atoms with Crippen molar-refractivity contribution in [3.63, 3.8) is 0 Å². The summed E-state index contributed by atoms with van der Waals surface area (Å²) in [5, 5.41) is 9.96. The van der Waals surface area contributed by atoms with Gasteiger partial charge in [-0.15, -0.1) is 0 Å². The van der Waals surface area contributed by atoms with Gasteiger partial charge in [0.05, 0.1) is 18.4 Å². The van der Waals surface area contributed by atoms with Gasteiger partial charge < -0.3 is 29.8 Å². The molecule has 4 atom stereocenters. The van der Waals surface area contributed by atoms with Crippen LogP contribution in [0.3, 0.4) is 0 Å². The molecular formula is C30H47NO9. The summed E-state index contributed by atoms with van der Waals surface area (Å²) in [6, 6.07) is 4.47. The summed E-state index contributed by atoms with van der Waals surface area (Å²) >= 11 is 0. The smallest absolute Gasteiger partial charge is 0.480 e. The maximum absolute atomic E-state index is 12.8. The molecule has 1 aromatic carbocycles. The fraction of sp³-hybridized carbons (Fsp3) is 0.667. The number of rotatable bonds is 16. The summed E-state index contributed by atoms with van der Waals surface area (Å²) in [5.74, 6) is -3.06. The molecule has 0 aliphatic carbocycles. The minimum Gasteiger partial charge on any atom is -0.480 e. The average Bonchev–Trinajstić information content (AvgIpc) is 2.86. The molecule has 1 aromatic rings. The predicted molar refractivity (Wildman–Crippen MR) is 150 cm³/mol. The number of ether oxygens (including phenoxy) is 4. The fourth-order valence-corrected chi connectivity index (χ4v) is 3.63. The first-order chi connectivity index (χ1) is 18.6. The third-order valence-corrected chi connectivity index (χ3v) is 7.04. The number of aliphatic carboxylic acids is 1. The van der Waals surface area contributed by atoms with E-state index in [1.54, 1.807) is 19.9 Å². The zero-order valence-electron chi connectivity index (χ0n) is 25.2. The maximum atomic E-state index is 12.8. The Hall–Kier alpha value is -3.14. The van der Waals surface area contributed by atoms with E-state index in [-0.39, 0.29) is 42.8 Å². The van der Waals surface area contributed by atoms with Crippen LogP contribution in [0.1, 0.15) is 86.6 Å². The largest absolute Gasteiger partial charge is 0.508 e. The zero-order chi connectivity index (χ0) is 30.6. The molecule has 0 heterocycles. The lowest BCUT2D eigenvalue weighted by Gasteiger charge is -2.28. The predicted octanol–water partition coefficient (Wildman–Crippen LogP) is 5.53. The Morgan fingerprint density at radius 1 is 0.875 bits per heavy atom. The lowest BCUT2D eigenvalue weighted by molar-refractivity contribution is -0.145. The van der Waals surface area contributed by atoms with Gasteiger partial charge in [-0.25, -0.2) is 4.79 Å². The number of carboxylic acid groups (broad SMARTS) is 1. The van der Waals surface area contributed by atoms with Gasteiger partial charge in [-0.05, 0) is 42.9 Å². The summed E-state index contributed by atoms with van der Waals surface area (Å²) in [6.45, 7) is 14.8. The van der Waals surface area contributed by atoms with Gasteiger partial charge in [0, 0.05) is 12.8 Å². The minimum atomic E-state index is -1.82. The van der Waals surface area contributed by atoms with Crippen LogP contribution in [0.25, 0.3) is 0 Å².